The predicted molar refractivity (Wildman–Crippen MR) is 127 cm³/mol. The van der Waals surface area contributed by atoms with Crippen LogP contribution in [0.1, 0.15) is 37.4 Å². The molecule has 3 heterocycles. The van der Waals surface area contributed by atoms with Gasteiger partial charge in [-0.05, 0) is 31.0 Å². The van der Waals surface area contributed by atoms with E-state index in [4.69, 9.17) is 4.74 Å². The van der Waals surface area contributed by atoms with Gasteiger partial charge in [0.25, 0.3) is 5.92 Å². The van der Waals surface area contributed by atoms with E-state index in [0.717, 1.165) is 34.5 Å². The van der Waals surface area contributed by atoms with E-state index in [1.165, 1.54) is 0 Å². The van der Waals surface area contributed by atoms with Crippen molar-refractivity contribution in [3.63, 3.8) is 0 Å². The number of imidazole rings is 1. The third-order valence-electron chi connectivity index (χ3n) is 5.40. The van der Waals surface area contributed by atoms with Crippen LogP contribution < -0.4 is 15.4 Å². The first kappa shape index (κ1) is 24.5. The maximum atomic E-state index is 14.4. The monoisotopic (exact) mass is 483 g/mol. The second kappa shape index (κ2) is 10.2. The lowest BCUT2D eigenvalue weighted by Gasteiger charge is -2.31. The Morgan fingerprint density at radius 1 is 1.34 bits per heavy atom. The number of benzene rings is 1. The molecule has 1 aliphatic heterocycles. The molecule has 174 valence electrons. The molecule has 1 aliphatic rings. The van der Waals surface area contributed by atoms with Gasteiger partial charge in [0, 0.05) is 12.1 Å². The number of para-hydroxylation sites is 1. The molecule has 2 N–H and O–H groups in total. The average molecular weight is 484 g/mol. The molecule has 6 nitrogen and oxygen atoms in total. The molecule has 4 rings (SSSR count). The van der Waals surface area contributed by atoms with Crippen LogP contribution in [0.3, 0.4) is 0 Å². The molecule has 0 aliphatic carbocycles. The molecular formula is C22H28ClF2N5OS. The molecular weight excluding hydrogens is 456 g/mol. The first-order valence-electron chi connectivity index (χ1n) is 10.4. The Bertz CT molecular complexity index is 1060. The van der Waals surface area contributed by atoms with Gasteiger partial charge in [-0.25, -0.2) is 18.3 Å². The molecule has 32 heavy (non-hydrogen) atoms. The Morgan fingerprint density at radius 2 is 2.12 bits per heavy atom. The summed E-state index contributed by atoms with van der Waals surface area (Å²) < 4.78 is 36.0. The van der Waals surface area contributed by atoms with Crippen LogP contribution in [0.5, 0.6) is 5.75 Å². The number of fused-ring (bicyclic) bond motifs is 1. The maximum Gasteiger partial charge on any atom is 0.272 e. The largest absolute Gasteiger partial charge is 0.496 e. The molecule has 0 saturated carbocycles. The third kappa shape index (κ3) is 5.10. The van der Waals surface area contributed by atoms with E-state index in [9.17, 15) is 8.78 Å². The van der Waals surface area contributed by atoms with Gasteiger partial charge in [-0.3, -0.25) is 0 Å². The summed E-state index contributed by atoms with van der Waals surface area (Å²) in [5.74, 6) is -1.79. The van der Waals surface area contributed by atoms with Crippen LogP contribution in [0.25, 0.3) is 5.65 Å². The molecule has 0 bridgehead atoms. The van der Waals surface area contributed by atoms with Crippen molar-refractivity contribution in [2.45, 2.75) is 48.9 Å². The predicted octanol–water partition coefficient (Wildman–Crippen LogP) is 4.98. The van der Waals surface area contributed by atoms with Gasteiger partial charge in [0.1, 0.15) is 10.8 Å². The Kier molecular flexibility index (Phi) is 7.84. The zero-order chi connectivity index (χ0) is 22.0. The second-order valence-corrected chi connectivity index (χ2v) is 9.19. The highest BCUT2D eigenvalue weighted by atomic mass is 35.5. The highest BCUT2D eigenvalue weighted by Gasteiger charge is 2.42. The van der Waals surface area contributed by atoms with Crippen LogP contribution in [0, 0.1) is 0 Å². The maximum absolute atomic E-state index is 14.4. The molecule has 0 amide bonds. The van der Waals surface area contributed by atoms with Crippen molar-refractivity contribution in [3.8, 4) is 5.75 Å². The number of methoxy groups -OCH3 is 1. The Labute approximate surface area is 196 Å². The molecule has 3 aromatic rings. The lowest BCUT2D eigenvalue weighted by Crippen LogP contribution is -2.47. The van der Waals surface area contributed by atoms with E-state index >= 15 is 0 Å². The molecule has 1 atom stereocenters. The molecule has 0 radical (unpaired) electrons. The van der Waals surface area contributed by atoms with Crippen molar-refractivity contribution >= 4 is 35.5 Å². The molecule has 0 spiro atoms. The Morgan fingerprint density at radius 3 is 2.84 bits per heavy atom. The number of hydrogen-bond acceptors (Lipinski definition) is 6. The first-order valence-corrected chi connectivity index (χ1v) is 11.3. The number of ether oxygens (including phenoxy) is 1. The van der Waals surface area contributed by atoms with Gasteiger partial charge >= 0.3 is 0 Å². The molecule has 1 saturated heterocycles. The highest BCUT2D eigenvalue weighted by molar-refractivity contribution is 8.00. The van der Waals surface area contributed by atoms with Gasteiger partial charge in [-0.15, -0.1) is 12.4 Å². The van der Waals surface area contributed by atoms with E-state index in [1.807, 2.05) is 30.3 Å². The zero-order valence-electron chi connectivity index (χ0n) is 18.3. The van der Waals surface area contributed by atoms with Crippen LogP contribution in [-0.2, 0) is 6.54 Å². The summed E-state index contributed by atoms with van der Waals surface area (Å²) in [4.78, 5) is 4.55. The lowest BCUT2D eigenvalue weighted by atomic mass is 10.1. The summed E-state index contributed by atoms with van der Waals surface area (Å²) >= 11 is 1.14. The van der Waals surface area contributed by atoms with E-state index in [2.05, 4.69) is 34.6 Å². The zero-order valence-corrected chi connectivity index (χ0v) is 19.9. The summed E-state index contributed by atoms with van der Waals surface area (Å²) in [6, 6.07) is 9.59. The van der Waals surface area contributed by atoms with Crippen LogP contribution in [0.2, 0.25) is 0 Å². The van der Waals surface area contributed by atoms with Gasteiger partial charge in [-0.2, -0.15) is 5.10 Å². The summed E-state index contributed by atoms with van der Waals surface area (Å²) in [6.45, 7) is 4.92. The SMILES string of the molecule is COc1ccccc1CNc1cc(SC2CCNCC2(F)F)nn2c(C(C)C)cnc12.Cl. The van der Waals surface area contributed by atoms with E-state index in [-0.39, 0.29) is 24.9 Å². The molecule has 1 aromatic carbocycles. The van der Waals surface area contributed by atoms with Gasteiger partial charge in [0.05, 0.1) is 36.5 Å². The lowest BCUT2D eigenvalue weighted by molar-refractivity contribution is -0.0141. The molecule has 1 unspecified atom stereocenters. The molecule has 2 aromatic heterocycles. The summed E-state index contributed by atoms with van der Waals surface area (Å²) in [6.07, 6.45) is 2.19. The highest BCUT2D eigenvalue weighted by Crippen LogP contribution is 2.38. The van der Waals surface area contributed by atoms with Crippen LogP contribution in [0.4, 0.5) is 14.5 Å². The summed E-state index contributed by atoms with van der Waals surface area (Å²) in [7, 11) is 1.64. The number of nitrogens with one attached hydrogen (secondary N) is 2. The van der Waals surface area contributed by atoms with Crippen molar-refractivity contribution < 1.29 is 13.5 Å². The third-order valence-corrected chi connectivity index (χ3v) is 6.71. The van der Waals surface area contributed by atoms with Crippen molar-refractivity contribution in [1.82, 2.24) is 19.9 Å². The van der Waals surface area contributed by atoms with Crippen LogP contribution in [-0.4, -0.2) is 46.0 Å². The van der Waals surface area contributed by atoms with Gasteiger partial charge in [-0.1, -0.05) is 43.8 Å². The quantitative estimate of drug-likeness (QED) is 0.494. The van der Waals surface area contributed by atoms with Gasteiger partial charge in [0.15, 0.2) is 5.65 Å². The minimum atomic E-state index is -2.78. The average Bonchev–Trinajstić information content (AvgIpc) is 3.18. The van der Waals surface area contributed by atoms with Crippen molar-refractivity contribution in [3.05, 3.63) is 47.8 Å². The fourth-order valence-corrected chi connectivity index (χ4v) is 4.79. The molecule has 1 fully saturated rings. The fraction of sp³-hybridized carbons (Fsp3) is 0.455. The minimum Gasteiger partial charge on any atom is -0.496 e. The fourth-order valence-electron chi connectivity index (χ4n) is 3.69. The van der Waals surface area contributed by atoms with E-state index in [1.54, 1.807) is 17.8 Å². The first-order chi connectivity index (χ1) is 14.9. The Balaban J connectivity index is 0.00000289. The number of nitrogens with zero attached hydrogens (tertiary/aromatic N) is 3. The topological polar surface area (TPSA) is 63.5 Å². The summed E-state index contributed by atoms with van der Waals surface area (Å²) in [5, 5.41) is 10.6. The normalized spacial score (nSPS) is 17.9. The molecule has 10 heteroatoms. The standard InChI is InChI=1S/C22H27F2N5OS.ClH/c1-14(2)17-12-27-21-16(26-11-15-6-4-5-7-18(15)30-3)10-20(28-29(17)21)31-19-8-9-25-13-22(19,23)24;/h4-7,10,12,14,19,25-26H,8-9,11,13H2,1-3H3;1H. The number of hydrogen-bond donors (Lipinski definition) is 2. The van der Waals surface area contributed by atoms with Crippen molar-refractivity contribution in [2.75, 3.05) is 25.5 Å². The van der Waals surface area contributed by atoms with Crippen LogP contribution in [0.15, 0.2) is 41.6 Å². The number of rotatable bonds is 7. The van der Waals surface area contributed by atoms with Crippen LogP contribution >= 0.6 is 24.2 Å². The minimum absolute atomic E-state index is 0. The second-order valence-electron chi connectivity index (χ2n) is 7.97. The number of anilines is 1. The van der Waals surface area contributed by atoms with E-state index in [0.29, 0.717) is 30.2 Å². The number of piperidine rings is 1. The Hall–Kier alpha value is -2.10. The van der Waals surface area contributed by atoms with E-state index < -0.39 is 11.2 Å². The number of alkyl halides is 2. The number of thioether (sulfide) groups is 1. The van der Waals surface area contributed by atoms with Crippen molar-refractivity contribution in [2.24, 2.45) is 0 Å². The van der Waals surface area contributed by atoms with Gasteiger partial charge < -0.3 is 15.4 Å². The van der Waals surface area contributed by atoms with Crippen molar-refractivity contribution in [1.29, 1.82) is 0 Å². The number of aromatic nitrogens is 3. The summed E-state index contributed by atoms with van der Waals surface area (Å²) in [5.41, 5.74) is 3.37. The smallest absolute Gasteiger partial charge is 0.272 e. The number of halogens is 3. The van der Waals surface area contributed by atoms with Gasteiger partial charge in [0.2, 0.25) is 0 Å².